The third-order valence-corrected chi connectivity index (χ3v) is 7.12. The van der Waals surface area contributed by atoms with Crippen molar-refractivity contribution in [2.75, 3.05) is 32.8 Å². The summed E-state index contributed by atoms with van der Waals surface area (Å²) in [6.45, 7) is 11.9. The van der Waals surface area contributed by atoms with Crippen molar-refractivity contribution in [1.82, 2.24) is 9.80 Å². The number of benzene rings is 2. The summed E-state index contributed by atoms with van der Waals surface area (Å²) < 4.78 is 11.6. The first-order chi connectivity index (χ1) is 17.9. The van der Waals surface area contributed by atoms with Gasteiger partial charge in [-0.2, -0.15) is 0 Å². The molecule has 7 nitrogen and oxygen atoms in total. The first-order valence-electron chi connectivity index (χ1n) is 13.4. The molecule has 0 bridgehead atoms. The molecule has 0 spiro atoms. The van der Waals surface area contributed by atoms with Crippen LogP contribution in [0.15, 0.2) is 48.0 Å². The third kappa shape index (κ3) is 5.67. The van der Waals surface area contributed by atoms with Crippen LogP contribution in [0, 0.1) is 0 Å². The normalized spacial score (nSPS) is 20.4. The Hall–Kier alpha value is -3.32. The minimum atomic E-state index is -0.690. The molecule has 0 radical (unpaired) electrons. The fourth-order valence-electron chi connectivity index (χ4n) is 5.18. The zero-order valence-corrected chi connectivity index (χ0v) is 22.3. The van der Waals surface area contributed by atoms with Crippen molar-refractivity contribution in [3.05, 3.63) is 64.7 Å². The van der Waals surface area contributed by atoms with E-state index in [4.69, 9.17) is 9.47 Å². The van der Waals surface area contributed by atoms with Crippen LogP contribution >= 0.6 is 0 Å². The van der Waals surface area contributed by atoms with Gasteiger partial charge in [0.15, 0.2) is 0 Å². The molecule has 1 saturated heterocycles. The molecule has 0 unspecified atom stereocenters. The van der Waals surface area contributed by atoms with Crippen molar-refractivity contribution in [2.45, 2.75) is 59.1 Å². The highest BCUT2D eigenvalue weighted by Gasteiger charge is 2.46. The van der Waals surface area contributed by atoms with Gasteiger partial charge in [0.25, 0.3) is 11.7 Å². The lowest BCUT2D eigenvalue weighted by molar-refractivity contribution is -0.140. The topological polar surface area (TPSA) is 79.3 Å². The van der Waals surface area contributed by atoms with E-state index < -0.39 is 17.7 Å². The number of hydrogen-bond donors (Lipinski definition) is 1. The number of nitrogens with zero attached hydrogens (tertiary/aromatic N) is 2. The number of fused-ring (bicyclic) bond motifs is 1. The lowest BCUT2D eigenvalue weighted by atomic mass is 9.94. The molecule has 2 atom stereocenters. The Kier molecular flexibility index (Phi) is 8.54. The molecule has 37 heavy (non-hydrogen) atoms. The van der Waals surface area contributed by atoms with E-state index in [1.54, 1.807) is 11.0 Å². The minimum Gasteiger partial charge on any atom is -0.507 e. The van der Waals surface area contributed by atoms with Crippen molar-refractivity contribution < 1.29 is 24.2 Å². The van der Waals surface area contributed by atoms with Crippen LogP contribution in [0.5, 0.6) is 11.5 Å². The van der Waals surface area contributed by atoms with Gasteiger partial charge in [0.2, 0.25) is 0 Å². The number of aliphatic hydroxyl groups is 1. The summed E-state index contributed by atoms with van der Waals surface area (Å²) in [7, 11) is 0. The molecule has 7 heteroatoms. The van der Waals surface area contributed by atoms with Crippen molar-refractivity contribution >= 4 is 17.4 Å². The average Bonchev–Trinajstić information content (AvgIpc) is 3.40. The van der Waals surface area contributed by atoms with Crippen molar-refractivity contribution in [3.8, 4) is 11.5 Å². The number of amides is 1. The Morgan fingerprint density at radius 1 is 1.14 bits per heavy atom. The Labute approximate surface area is 219 Å². The van der Waals surface area contributed by atoms with E-state index >= 15 is 0 Å². The molecule has 0 aliphatic carbocycles. The summed E-state index contributed by atoms with van der Waals surface area (Å²) in [5, 5.41) is 11.5. The van der Waals surface area contributed by atoms with Gasteiger partial charge in [-0.15, -0.1) is 0 Å². The van der Waals surface area contributed by atoms with E-state index in [0.717, 1.165) is 55.8 Å². The molecule has 4 rings (SSSR count). The number of hydrogen-bond acceptors (Lipinski definition) is 6. The Balaban J connectivity index is 1.74. The van der Waals surface area contributed by atoms with Gasteiger partial charge in [0.05, 0.1) is 18.2 Å². The Bertz CT molecular complexity index is 1170. The molecule has 2 aromatic carbocycles. The van der Waals surface area contributed by atoms with Crippen LogP contribution in [0.25, 0.3) is 5.76 Å². The molecule has 198 valence electrons. The maximum absolute atomic E-state index is 13.4. The van der Waals surface area contributed by atoms with E-state index in [1.807, 2.05) is 50.2 Å². The summed E-state index contributed by atoms with van der Waals surface area (Å²) in [5.74, 6) is 0.0752. The maximum Gasteiger partial charge on any atom is 0.295 e. The van der Waals surface area contributed by atoms with Gasteiger partial charge in [0.1, 0.15) is 23.4 Å². The van der Waals surface area contributed by atoms with Gasteiger partial charge in [-0.1, -0.05) is 32.9 Å². The highest BCUT2D eigenvalue weighted by Crippen LogP contribution is 2.41. The number of carbonyl (C=O) groups is 2. The van der Waals surface area contributed by atoms with Gasteiger partial charge in [-0.3, -0.25) is 9.59 Å². The molecule has 2 heterocycles. The van der Waals surface area contributed by atoms with Crippen molar-refractivity contribution in [3.63, 3.8) is 0 Å². The monoisotopic (exact) mass is 506 g/mol. The summed E-state index contributed by atoms with van der Waals surface area (Å²) in [5.41, 5.74) is 2.36. The Morgan fingerprint density at radius 3 is 2.65 bits per heavy atom. The van der Waals surface area contributed by atoms with Crippen LogP contribution in [0.2, 0.25) is 0 Å². The average molecular weight is 507 g/mol. The second-order valence-electron chi connectivity index (χ2n) is 9.75. The predicted octanol–water partition coefficient (Wildman–Crippen LogP) is 4.95. The fourth-order valence-corrected chi connectivity index (χ4v) is 5.18. The second kappa shape index (κ2) is 11.8. The van der Waals surface area contributed by atoms with Gasteiger partial charge in [0, 0.05) is 18.5 Å². The second-order valence-corrected chi connectivity index (χ2v) is 9.75. The molecule has 2 aliphatic heterocycles. The largest absolute Gasteiger partial charge is 0.507 e. The number of ether oxygens (including phenoxy) is 2. The van der Waals surface area contributed by atoms with E-state index in [-0.39, 0.29) is 17.4 Å². The van der Waals surface area contributed by atoms with Gasteiger partial charge < -0.3 is 24.4 Å². The van der Waals surface area contributed by atoms with Gasteiger partial charge in [-0.05, 0) is 80.9 Å². The summed E-state index contributed by atoms with van der Waals surface area (Å²) in [6.07, 6.45) is 2.39. The number of carbonyl (C=O) groups excluding carboxylic acids is 2. The van der Waals surface area contributed by atoms with Crippen LogP contribution in [-0.2, 0) is 16.0 Å². The molecule has 1 fully saturated rings. The van der Waals surface area contributed by atoms with Crippen LogP contribution in [-0.4, -0.2) is 65.5 Å². The summed E-state index contributed by atoms with van der Waals surface area (Å²) in [6, 6.07) is 12.2. The summed E-state index contributed by atoms with van der Waals surface area (Å²) in [4.78, 5) is 30.6. The fraction of sp³-hybridized carbons (Fsp3) is 0.467. The number of aliphatic hydroxyl groups excluding tert-OH is 1. The zero-order valence-electron chi connectivity index (χ0n) is 22.3. The quantitative estimate of drug-likeness (QED) is 0.264. The zero-order chi connectivity index (χ0) is 26.5. The lowest BCUT2D eigenvalue weighted by Gasteiger charge is -2.27. The lowest BCUT2D eigenvalue weighted by Crippen LogP contribution is -2.33. The van der Waals surface area contributed by atoms with E-state index in [9.17, 15) is 14.7 Å². The smallest absolute Gasteiger partial charge is 0.295 e. The predicted molar refractivity (Wildman–Crippen MR) is 144 cm³/mol. The maximum atomic E-state index is 13.4. The van der Waals surface area contributed by atoms with E-state index in [0.29, 0.717) is 24.5 Å². The first kappa shape index (κ1) is 26.7. The Morgan fingerprint density at radius 2 is 1.92 bits per heavy atom. The van der Waals surface area contributed by atoms with Crippen LogP contribution in [0.1, 0.15) is 63.3 Å². The highest BCUT2D eigenvalue weighted by molar-refractivity contribution is 6.46. The van der Waals surface area contributed by atoms with Crippen molar-refractivity contribution in [1.29, 1.82) is 0 Å². The number of Topliss-reactive ketones (excluding diaryl/α,β-unsaturated/α-hetero) is 1. The molecule has 1 N–H and O–H groups in total. The standard InChI is InChI=1S/C30H38N2O5/c1-5-16-36-24-11-8-10-21(19-24)27-26(28(33)22-12-13-25-23(18-22)17-20(4)37-25)29(34)30(35)32(27)15-9-14-31(6-2)7-3/h8,10-13,18-20,27,33H,5-7,9,14-17H2,1-4H3/b28-26+/t20-,27-/m1/s1. The number of likely N-dealkylation sites (tertiary alicyclic amines) is 1. The van der Waals surface area contributed by atoms with Crippen LogP contribution in [0.4, 0.5) is 0 Å². The third-order valence-electron chi connectivity index (χ3n) is 7.12. The first-order valence-corrected chi connectivity index (χ1v) is 13.4. The van der Waals surface area contributed by atoms with Crippen LogP contribution < -0.4 is 9.47 Å². The van der Waals surface area contributed by atoms with Gasteiger partial charge >= 0.3 is 0 Å². The van der Waals surface area contributed by atoms with Crippen molar-refractivity contribution in [2.24, 2.45) is 0 Å². The molecule has 2 aromatic rings. The molecular weight excluding hydrogens is 468 g/mol. The van der Waals surface area contributed by atoms with E-state index in [2.05, 4.69) is 18.7 Å². The SMILES string of the molecule is CCCOc1cccc([C@@H]2/C(=C(\O)c3ccc4c(c3)C[C@@H](C)O4)C(=O)C(=O)N2CCCN(CC)CC)c1. The van der Waals surface area contributed by atoms with E-state index in [1.165, 1.54) is 0 Å². The minimum absolute atomic E-state index is 0.0645. The molecular formula is C30H38N2O5. The van der Waals surface area contributed by atoms with Gasteiger partial charge in [-0.25, -0.2) is 0 Å². The molecule has 2 aliphatic rings. The molecule has 0 aromatic heterocycles. The molecule has 0 saturated carbocycles. The highest BCUT2D eigenvalue weighted by atomic mass is 16.5. The number of ketones is 1. The summed E-state index contributed by atoms with van der Waals surface area (Å²) >= 11 is 0. The van der Waals surface area contributed by atoms with Crippen LogP contribution in [0.3, 0.4) is 0 Å². The number of rotatable bonds is 11. The molecule has 1 amide bonds.